The first kappa shape index (κ1) is 13.1. The second kappa shape index (κ2) is 5.34. The molecule has 3 aromatic rings. The van der Waals surface area contributed by atoms with Gasteiger partial charge in [-0.1, -0.05) is 0 Å². The van der Waals surface area contributed by atoms with E-state index in [0.29, 0.717) is 5.65 Å². The van der Waals surface area contributed by atoms with Gasteiger partial charge in [0.2, 0.25) is 0 Å². The molecule has 0 bridgehead atoms. The summed E-state index contributed by atoms with van der Waals surface area (Å²) >= 11 is 0. The summed E-state index contributed by atoms with van der Waals surface area (Å²) in [5.74, 6) is 2.64. The molecule has 0 saturated carbocycles. The van der Waals surface area contributed by atoms with E-state index in [1.165, 1.54) is 0 Å². The second-order valence-corrected chi connectivity index (χ2v) is 5.40. The highest BCUT2D eigenvalue weighted by atomic mass is 15.3. The number of aromatic nitrogens is 7. The van der Waals surface area contributed by atoms with E-state index in [-0.39, 0.29) is 0 Å². The van der Waals surface area contributed by atoms with Crippen LogP contribution in [0.1, 0.15) is 11.6 Å². The molecule has 0 amide bonds. The zero-order valence-corrected chi connectivity index (χ0v) is 12.3. The summed E-state index contributed by atoms with van der Waals surface area (Å²) in [4.78, 5) is 24.9. The van der Waals surface area contributed by atoms with Crippen molar-refractivity contribution in [2.24, 2.45) is 0 Å². The highest BCUT2D eigenvalue weighted by Gasteiger charge is 2.21. The molecule has 4 heterocycles. The van der Waals surface area contributed by atoms with Crippen LogP contribution in [0.3, 0.4) is 0 Å². The number of fused-ring (bicyclic) bond motifs is 1. The quantitative estimate of drug-likeness (QED) is 0.707. The first-order chi connectivity index (χ1) is 10.8. The smallest absolute Gasteiger partial charge is 0.182 e. The number of aromatic amines is 2. The summed E-state index contributed by atoms with van der Waals surface area (Å²) in [5.41, 5.74) is 1.61. The molecule has 2 N–H and O–H groups in total. The normalized spacial score (nSPS) is 16.5. The van der Waals surface area contributed by atoms with Gasteiger partial charge in [0.05, 0.1) is 12.9 Å². The maximum atomic E-state index is 4.41. The molecule has 0 unspecified atom stereocenters. The zero-order valence-electron chi connectivity index (χ0n) is 12.3. The van der Waals surface area contributed by atoms with E-state index >= 15 is 0 Å². The predicted octanol–water partition coefficient (Wildman–Crippen LogP) is 0.102. The Balaban J connectivity index is 1.44. The average molecular weight is 299 g/mol. The molecule has 9 heteroatoms. The van der Waals surface area contributed by atoms with E-state index in [4.69, 9.17) is 0 Å². The van der Waals surface area contributed by atoms with Crippen molar-refractivity contribution < 1.29 is 0 Å². The third-order valence-electron chi connectivity index (χ3n) is 3.88. The number of aryl methyl sites for hydroxylation is 1. The maximum Gasteiger partial charge on any atom is 0.182 e. The van der Waals surface area contributed by atoms with Gasteiger partial charge in [-0.05, 0) is 6.92 Å². The Labute approximate surface area is 126 Å². The number of anilines is 1. The largest absolute Gasteiger partial charge is 0.352 e. The van der Waals surface area contributed by atoms with Crippen molar-refractivity contribution in [3.05, 3.63) is 24.3 Å². The van der Waals surface area contributed by atoms with Crippen molar-refractivity contribution in [3.63, 3.8) is 0 Å². The van der Waals surface area contributed by atoms with Crippen molar-refractivity contribution in [3.8, 4) is 0 Å². The predicted molar refractivity (Wildman–Crippen MR) is 80.3 cm³/mol. The lowest BCUT2D eigenvalue weighted by molar-refractivity contribution is 0.244. The molecule has 0 aromatic carbocycles. The van der Waals surface area contributed by atoms with Crippen molar-refractivity contribution in [2.45, 2.75) is 13.5 Å². The van der Waals surface area contributed by atoms with Crippen molar-refractivity contribution in [1.82, 2.24) is 40.0 Å². The Morgan fingerprint density at radius 2 is 2.00 bits per heavy atom. The fourth-order valence-electron chi connectivity index (χ4n) is 2.77. The molecule has 114 valence electrons. The lowest BCUT2D eigenvalue weighted by atomic mass is 10.3. The van der Waals surface area contributed by atoms with Gasteiger partial charge in [-0.15, -0.1) is 0 Å². The Bertz CT molecular complexity index is 769. The molecule has 1 aliphatic heterocycles. The minimum Gasteiger partial charge on any atom is -0.352 e. The van der Waals surface area contributed by atoms with Crippen LogP contribution in [0.15, 0.2) is 12.7 Å². The molecule has 22 heavy (non-hydrogen) atoms. The van der Waals surface area contributed by atoms with Gasteiger partial charge >= 0.3 is 0 Å². The van der Waals surface area contributed by atoms with E-state index in [9.17, 15) is 0 Å². The molecular weight excluding hydrogens is 282 g/mol. The van der Waals surface area contributed by atoms with Crippen LogP contribution in [0.2, 0.25) is 0 Å². The fourth-order valence-corrected chi connectivity index (χ4v) is 2.77. The molecule has 0 aliphatic carbocycles. The highest BCUT2D eigenvalue weighted by Crippen LogP contribution is 2.21. The SMILES string of the molecule is Cc1nc(CN2CCN(c3ncnc4nc[nH]c34)CC2)n[nH]1. The first-order valence-electron chi connectivity index (χ1n) is 7.29. The molecular formula is C13H17N9. The van der Waals surface area contributed by atoms with E-state index in [0.717, 1.165) is 55.7 Å². The van der Waals surface area contributed by atoms with Gasteiger partial charge in [0.25, 0.3) is 0 Å². The van der Waals surface area contributed by atoms with Crippen LogP contribution in [-0.4, -0.2) is 66.2 Å². The van der Waals surface area contributed by atoms with Crippen LogP contribution in [0.25, 0.3) is 11.2 Å². The molecule has 3 aromatic heterocycles. The molecule has 0 radical (unpaired) electrons. The zero-order chi connectivity index (χ0) is 14.9. The minimum atomic E-state index is 0.712. The number of imidazole rings is 1. The van der Waals surface area contributed by atoms with Crippen LogP contribution in [0.4, 0.5) is 5.82 Å². The van der Waals surface area contributed by atoms with Crippen LogP contribution in [-0.2, 0) is 6.54 Å². The Hall–Kier alpha value is -2.55. The summed E-state index contributed by atoms with van der Waals surface area (Å²) in [6, 6.07) is 0. The third kappa shape index (κ3) is 2.39. The number of hydrogen-bond donors (Lipinski definition) is 2. The summed E-state index contributed by atoms with van der Waals surface area (Å²) in [5, 5.41) is 7.08. The fraction of sp³-hybridized carbons (Fsp3) is 0.462. The molecule has 4 rings (SSSR count). The third-order valence-corrected chi connectivity index (χ3v) is 3.88. The van der Waals surface area contributed by atoms with Crippen LogP contribution in [0.5, 0.6) is 0 Å². The van der Waals surface area contributed by atoms with Gasteiger partial charge in [-0.2, -0.15) is 5.10 Å². The van der Waals surface area contributed by atoms with Crippen molar-refractivity contribution in [2.75, 3.05) is 31.1 Å². The first-order valence-corrected chi connectivity index (χ1v) is 7.29. The van der Waals surface area contributed by atoms with Gasteiger partial charge in [-0.3, -0.25) is 10.00 Å². The van der Waals surface area contributed by atoms with Crippen molar-refractivity contribution in [1.29, 1.82) is 0 Å². The molecule has 0 atom stereocenters. The van der Waals surface area contributed by atoms with Crippen molar-refractivity contribution >= 4 is 17.0 Å². The van der Waals surface area contributed by atoms with Crippen LogP contribution >= 0.6 is 0 Å². The van der Waals surface area contributed by atoms with E-state index in [2.05, 4.69) is 44.9 Å². The number of nitrogens with zero attached hydrogens (tertiary/aromatic N) is 7. The lowest BCUT2D eigenvalue weighted by Crippen LogP contribution is -2.46. The second-order valence-electron chi connectivity index (χ2n) is 5.40. The summed E-state index contributed by atoms with van der Waals surface area (Å²) in [6.45, 7) is 6.42. The number of nitrogens with one attached hydrogen (secondary N) is 2. The minimum absolute atomic E-state index is 0.712. The standard InChI is InChI=1S/C13H17N9/c1-9-18-10(20-19-9)6-21-2-4-22(5-3-21)13-11-12(15-7-14-11)16-8-17-13/h7-8H,2-6H2,1H3,(H,18,19,20)(H,14,15,16,17). The molecule has 9 nitrogen and oxygen atoms in total. The summed E-state index contributed by atoms with van der Waals surface area (Å²) in [6.07, 6.45) is 3.23. The molecule has 1 aliphatic rings. The van der Waals surface area contributed by atoms with Gasteiger partial charge in [0, 0.05) is 26.2 Å². The Morgan fingerprint density at radius 3 is 2.77 bits per heavy atom. The average Bonchev–Trinajstić information content (AvgIpc) is 3.16. The van der Waals surface area contributed by atoms with E-state index in [1.54, 1.807) is 12.7 Å². The summed E-state index contributed by atoms with van der Waals surface area (Å²) in [7, 11) is 0. The summed E-state index contributed by atoms with van der Waals surface area (Å²) < 4.78 is 0. The van der Waals surface area contributed by atoms with E-state index < -0.39 is 0 Å². The molecule has 1 saturated heterocycles. The van der Waals surface area contributed by atoms with Crippen LogP contribution in [0, 0.1) is 6.92 Å². The van der Waals surface area contributed by atoms with Crippen LogP contribution < -0.4 is 4.90 Å². The molecule has 1 fully saturated rings. The van der Waals surface area contributed by atoms with Gasteiger partial charge in [0.1, 0.15) is 17.7 Å². The number of piperazine rings is 1. The number of hydrogen-bond acceptors (Lipinski definition) is 7. The monoisotopic (exact) mass is 299 g/mol. The van der Waals surface area contributed by atoms with Gasteiger partial charge in [-0.25, -0.2) is 19.9 Å². The maximum absolute atomic E-state index is 4.41. The molecule has 0 spiro atoms. The Kier molecular flexibility index (Phi) is 3.19. The van der Waals surface area contributed by atoms with E-state index in [1.807, 2.05) is 6.92 Å². The Morgan fingerprint density at radius 1 is 1.14 bits per heavy atom. The number of rotatable bonds is 3. The van der Waals surface area contributed by atoms with Gasteiger partial charge in [0.15, 0.2) is 17.3 Å². The topological polar surface area (TPSA) is 103 Å². The number of H-pyrrole nitrogens is 2. The van der Waals surface area contributed by atoms with Gasteiger partial charge < -0.3 is 9.88 Å². The lowest BCUT2D eigenvalue weighted by Gasteiger charge is -2.34. The highest BCUT2D eigenvalue weighted by molar-refractivity contribution is 5.82.